The van der Waals surface area contributed by atoms with Gasteiger partial charge in [0.2, 0.25) is 10.0 Å². The van der Waals surface area contributed by atoms with Crippen LogP contribution in [-0.4, -0.2) is 24.8 Å². The van der Waals surface area contributed by atoms with E-state index in [4.69, 9.17) is 11.6 Å². The second-order valence-corrected chi connectivity index (χ2v) is 7.31. The molecule has 0 aliphatic carbocycles. The third kappa shape index (κ3) is 3.33. The fraction of sp³-hybridized carbons (Fsp3) is 0.250. The Kier molecular flexibility index (Phi) is 4.57. The first-order valence-electron chi connectivity index (χ1n) is 5.52. The molecule has 0 aliphatic heterocycles. The van der Waals surface area contributed by atoms with Crippen molar-refractivity contribution in [2.45, 2.75) is 17.3 Å². The number of hydrogen-bond donors (Lipinski definition) is 0. The van der Waals surface area contributed by atoms with E-state index < -0.39 is 10.0 Å². The highest BCUT2D eigenvalue weighted by Gasteiger charge is 2.22. The van der Waals surface area contributed by atoms with Gasteiger partial charge in [0.25, 0.3) is 0 Å². The zero-order chi connectivity index (χ0) is 13.9. The Balaban J connectivity index is 2.19. The van der Waals surface area contributed by atoms with Crippen LogP contribution in [0.15, 0.2) is 40.9 Å². The average Bonchev–Trinajstić information content (AvgIpc) is 2.89. The summed E-state index contributed by atoms with van der Waals surface area (Å²) in [6.45, 7) is 0.316. The van der Waals surface area contributed by atoms with Gasteiger partial charge in [-0.1, -0.05) is 0 Å². The minimum atomic E-state index is -3.46. The molecule has 4 nitrogen and oxygen atoms in total. The van der Waals surface area contributed by atoms with Gasteiger partial charge in [-0.05, 0) is 23.8 Å². The molecule has 0 atom stereocenters. The van der Waals surface area contributed by atoms with Gasteiger partial charge in [-0.3, -0.25) is 4.98 Å². The maximum Gasteiger partial charge on any atom is 0.243 e. The van der Waals surface area contributed by atoms with E-state index in [9.17, 15) is 8.42 Å². The SMILES string of the molecule is CN(Cc1ccncc1)S(=O)(=O)c1csc(CCl)c1. The maximum absolute atomic E-state index is 12.3. The zero-order valence-electron chi connectivity index (χ0n) is 10.3. The first-order valence-corrected chi connectivity index (χ1v) is 8.38. The van der Waals surface area contributed by atoms with Crippen molar-refractivity contribution >= 4 is 33.0 Å². The molecular formula is C12H13ClN2O2S2. The molecule has 102 valence electrons. The van der Waals surface area contributed by atoms with Crippen LogP contribution in [-0.2, 0) is 22.4 Å². The Morgan fingerprint density at radius 1 is 1.37 bits per heavy atom. The zero-order valence-corrected chi connectivity index (χ0v) is 12.7. The van der Waals surface area contributed by atoms with Gasteiger partial charge in [-0.25, -0.2) is 8.42 Å². The van der Waals surface area contributed by atoms with Gasteiger partial charge in [0, 0.05) is 36.2 Å². The third-order valence-electron chi connectivity index (χ3n) is 2.62. The number of rotatable bonds is 5. The van der Waals surface area contributed by atoms with E-state index in [-0.39, 0.29) is 0 Å². The second kappa shape index (κ2) is 6.00. The second-order valence-electron chi connectivity index (χ2n) is 4.00. The smallest absolute Gasteiger partial charge is 0.243 e. The van der Waals surface area contributed by atoms with Crippen molar-refractivity contribution in [2.24, 2.45) is 0 Å². The molecule has 0 bridgehead atoms. The highest BCUT2D eigenvalue weighted by Crippen LogP contribution is 2.24. The average molecular weight is 317 g/mol. The van der Waals surface area contributed by atoms with Crippen LogP contribution in [0.25, 0.3) is 0 Å². The molecule has 0 amide bonds. The van der Waals surface area contributed by atoms with Crippen LogP contribution in [0, 0.1) is 0 Å². The number of nitrogens with zero attached hydrogens (tertiary/aromatic N) is 2. The van der Waals surface area contributed by atoms with Gasteiger partial charge in [0.1, 0.15) is 0 Å². The summed E-state index contributed by atoms with van der Waals surface area (Å²) in [5.41, 5.74) is 0.897. The van der Waals surface area contributed by atoms with E-state index in [1.165, 1.54) is 15.6 Å². The molecule has 2 aromatic rings. The van der Waals surface area contributed by atoms with Crippen molar-refractivity contribution in [1.29, 1.82) is 0 Å². The molecule has 2 heterocycles. The van der Waals surface area contributed by atoms with E-state index in [0.29, 0.717) is 17.3 Å². The van der Waals surface area contributed by atoms with Crippen molar-refractivity contribution in [3.63, 3.8) is 0 Å². The van der Waals surface area contributed by atoms with Gasteiger partial charge in [-0.15, -0.1) is 22.9 Å². The number of alkyl halides is 1. The molecule has 7 heteroatoms. The summed E-state index contributed by atoms with van der Waals surface area (Å²) in [5, 5.41) is 1.62. The van der Waals surface area contributed by atoms with E-state index in [2.05, 4.69) is 4.98 Å². The number of hydrogen-bond acceptors (Lipinski definition) is 4. The lowest BCUT2D eigenvalue weighted by molar-refractivity contribution is 0.467. The summed E-state index contributed by atoms with van der Waals surface area (Å²) in [5.74, 6) is 0.328. The Morgan fingerprint density at radius 2 is 2.05 bits per heavy atom. The summed E-state index contributed by atoms with van der Waals surface area (Å²) in [4.78, 5) is 5.05. The van der Waals surface area contributed by atoms with Crippen molar-refractivity contribution in [2.75, 3.05) is 7.05 Å². The predicted octanol–water partition coefficient (Wildman–Crippen LogP) is 2.70. The molecule has 0 radical (unpaired) electrons. The number of pyridine rings is 1. The summed E-state index contributed by atoms with van der Waals surface area (Å²) < 4.78 is 26.0. The summed E-state index contributed by atoms with van der Waals surface area (Å²) in [6, 6.07) is 5.21. The quantitative estimate of drug-likeness (QED) is 0.797. The molecule has 0 fully saturated rings. The minimum absolute atomic E-state index is 0.296. The number of sulfonamides is 1. The molecule has 0 unspecified atom stereocenters. The Morgan fingerprint density at radius 3 is 2.63 bits per heavy atom. The van der Waals surface area contributed by atoms with Crippen LogP contribution in [0.4, 0.5) is 0 Å². The van der Waals surface area contributed by atoms with Crippen molar-refractivity contribution in [3.05, 3.63) is 46.4 Å². The van der Waals surface area contributed by atoms with E-state index >= 15 is 0 Å². The fourth-order valence-electron chi connectivity index (χ4n) is 1.58. The number of aromatic nitrogens is 1. The molecule has 0 aliphatic rings. The Labute approximate surface area is 121 Å². The first-order chi connectivity index (χ1) is 9.04. The molecule has 0 spiro atoms. The summed E-state index contributed by atoms with van der Waals surface area (Å²) in [7, 11) is -1.90. The van der Waals surface area contributed by atoms with Crippen molar-refractivity contribution < 1.29 is 8.42 Å². The molecular weight excluding hydrogens is 304 g/mol. The highest BCUT2D eigenvalue weighted by atomic mass is 35.5. The molecule has 0 aromatic carbocycles. The van der Waals surface area contributed by atoms with Crippen LogP contribution in [0.2, 0.25) is 0 Å². The van der Waals surface area contributed by atoms with Crippen LogP contribution in [0.5, 0.6) is 0 Å². The predicted molar refractivity (Wildman–Crippen MR) is 76.8 cm³/mol. The summed E-state index contributed by atoms with van der Waals surface area (Å²) >= 11 is 7.05. The Bertz CT molecular complexity index is 641. The fourth-order valence-corrected chi connectivity index (χ4v) is 4.11. The maximum atomic E-state index is 12.3. The molecule has 2 rings (SSSR count). The van der Waals surface area contributed by atoms with Gasteiger partial charge in [0.05, 0.1) is 10.8 Å². The lowest BCUT2D eigenvalue weighted by atomic mass is 10.3. The van der Waals surface area contributed by atoms with E-state index in [0.717, 1.165) is 10.4 Å². The minimum Gasteiger partial charge on any atom is -0.265 e. The molecule has 2 aromatic heterocycles. The van der Waals surface area contributed by atoms with Crippen LogP contribution < -0.4 is 0 Å². The van der Waals surface area contributed by atoms with Crippen LogP contribution in [0.1, 0.15) is 10.4 Å². The van der Waals surface area contributed by atoms with Crippen LogP contribution in [0.3, 0.4) is 0 Å². The molecule has 0 N–H and O–H groups in total. The van der Waals surface area contributed by atoms with Crippen molar-refractivity contribution in [3.8, 4) is 0 Å². The van der Waals surface area contributed by atoms with Gasteiger partial charge >= 0.3 is 0 Å². The van der Waals surface area contributed by atoms with E-state index in [1.54, 1.807) is 43.0 Å². The molecule has 0 saturated carbocycles. The van der Waals surface area contributed by atoms with E-state index in [1.807, 2.05) is 0 Å². The number of halogens is 1. The van der Waals surface area contributed by atoms with Gasteiger partial charge in [-0.2, -0.15) is 4.31 Å². The lowest BCUT2D eigenvalue weighted by Crippen LogP contribution is -2.26. The monoisotopic (exact) mass is 316 g/mol. The third-order valence-corrected chi connectivity index (χ3v) is 5.94. The molecule has 0 saturated heterocycles. The first kappa shape index (κ1) is 14.5. The largest absolute Gasteiger partial charge is 0.265 e. The number of thiophene rings is 1. The van der Waals surface area contributed by atoms with Crippen molar-refractivity contribution in [1.82, 2.24) is 9.29 Å². The Hall–Kier alpha value is -0.950. The van der Waals surface area contributed by atoms with Gasteiger partial charge < -0.3 is 0 Å². The van der Waals surface area contributed by atoms with Gasteiger partial charge in [0.15, 0.2) is 0 Å². The standard InChI is InChI=1S/C12H13ClN2O2S2/c1-15(8-10-2-4-14-5-3-10)19(16,17)12-6-11(7-13)18-9-12/h2-6,9H,7-8H2,1H3. The summed E-state index contributed by atoms with van der Waals surface area (Å²) in [6.07, 6.45) is 3.29. The normalized spacial score (nSPS) is 11.9. The van der Waals surface area contributed by atoms with Crippen LogP contribution >= 0.6 is 22.9 Å². The molecule has 19 heavy (non-hydrogen) atoms. The lowest BCUT2D eigenvalue weighted by Gasteiger charge is -2.16. The highest BCUT2D eigenvalue weighted by molar-refractivity contribution is 7.89. The topological polar surface area (TPSA) is 50.3 Å².